The fourth-order valence-corrected chi connectivity index (χ4v) is 5.38. The highest BCUT2D eigenvalue weighted by atomic mass is 16.5. The second-order valence-electron chi connectivity index (χ2n) is 8.82. The van der Waals surface area contributed by atoms with E-state index in [0.717, 1.165) is 36.5 Å². The lowest BCUT2D eigenvalue weighted by molar-refractivity contribution is -0.126. The zero-order chi connectivity index (χ0) is 21.4. The molecule has 2 amide bonds. The van der Waals surface area contributed by atoms with Gasteiger partial charge < -0.3 is 15.0 Å². The SMILES string of the molecule is C=C1CCC(N2Cc3cc(O[C@H]4CCC(C)[C@@H]4N(CC)CC)ccc3C2=O)C(=O)N1. The fraction of sp³-hybridized carbons (Fsp3) is 0.583. The lowest BCUT2D eigenvalue weighted by atomic mass is 10.0. The van der Waals surface area contributed by atoms with Gasteiger partial charge in [-0.25, -0.2) is 0 Å². The molecule has 1 saturated carbocycles. The number of nitrogens with zero attached hydrogens (tertiary/aromatic N) is 2. The summed E-state index contributed by atoms with van der Waals surface area (Å²) in [5.74, 6) is 1.23. The molecular weight excluding hydrogens is 378 g/mol. The van der Waals surface area contributed by atoms with Crippen LogP contribution in [0.4, 0.5) is 0 Å². The minimum Gasteiger partial charge on any atom is -0.489 e. The summed E-state index contributed by atoms with van der Waals surface area (Å²) < 4.78 is 6.46. The third-order valence-corrected chi connectivity index (χ3v) is 7.00. The summed E-state index contributed by atoms with van der Waals surface area (Å²) in [7, 11) is 0. The molecular formula is C24H33N3O3. The molecule has 2 heterocycles. The number of carbonyl (C=O) groups excluding carboxylic acids is 2. The zero-order valence-electron chi connectivity index (χ0n) is 18.3. The smallest absolute Gasteiger partial charge is 0.255 e. The van der Waals surface area contributed by atoms with E-state index in [2.05, 4.69) is 37.6 Å². The Bertz CT molecular complexity index is 848. The number of piperidine rings is 1. The number of benzene rings is 1. The van der Waals surface area contributed by atoms with Gasteiger partial charge >= 0.3 is 0 Å². The average molecular weight is 412 g/mol. The van der Waals surface area contributed by atoms with Crippen molar-refractivity contribution in [3.63, 3.8) is 0 Å². The van der Waals surface area contributed by atoms with Crippen molar-refractivity contribution in [1.82, 2.24) is 15.1 Å². The molecule has 1 N–H and O–H groups in total. The quantitative estimate of drug-likeness (QED) is 0.780. The highest BCUT2D eigenvalue weighted by Crippen LogP contribution is 2.35. The van der Waals surface area contributed by atoms with Crippen LogP contribution in [0.5, 0.6) is 5.75 Å². The minimum atomic E-state index is -0.428. The summed E-state index contributed by atoms with van der Waals surface area (Å²) in [4.78, 5) is 29.5. The van der Waals surface area contributed by atoms with Crippen LogP contribution in [-0.2, 0) is 11.3 Å². The van der Waals surface area contributed by atoms with Crippen LogP contribution in [0.3, 0.4) is 0 Å². The van der Waals surface area contributed by atoms with Crippen molar-refractivity contribution in [3.05, 3.63) is 41.6 Å². The van der Waals surface area contributed by atoms with E-state index in [1.807, 2.05) is 18.2 Å². The molecule has 0 radical (unpaired) electrons. The van der Waals surface area contributed by atoms with Crippen LogP contribution in [0, 0.1) is 5.92 Å². The minimum absolute atomic E-state index is 0.0697. The van der Waals surface area contributed by atoms with Crippen molar-refractivity contribution in [3.8, 4) is 5.75 Å². The lowest BCUT2D eigenvalue weighted by Crippen LogP contribution is -2.49. The molecule has 4 atom stereocenters. The van der Waals surface area contributed by atoms with E-state index < -0.39 is 6.04 Å². The molecule has 1 aromatic rings. The van der Waals surface area contributed by atoms with Gasteiger partial charge in [0, 0.05) is 23.8 Å². The maximum absolute atomic E-state index is 12.9. The lowest BCUT2D eigenvalue weighted by Gasteiger charge is -2.34. The number of amides is 2. The Balaban J connectivity index is 1.49. The molecule has 6 heteroatoms. The van der Waals surface area contributed by atoms with E-state index in [4.69, 9.17) is 4.74 Å². The van der Waals surface area contributed by atoms with Gasteiger partial charge in [-0.3, -0.25) is 14.5 Å². The summed E-state index contributed by atoms with van der Waals surface area (Å²) >= 11 is 0. The van der Waals surface area contributed by atoms with Gasteiger partial charge in [0.05, 0.1) is 0 Å². The Labute approximate surface area is 179 Å². The molecule has 3 aliphatic rings. The van der Waals surface area contributed by atoms with Crippen LogP contribution in [0.2, 0.25) is 0 Å². The number of nitrogens with one attached hydrogen (secondary N) is 1. The molecule has 162 valence electrons. The van der Waals surface area contributed by atoms with E-state index in [9.17, 15) is 9.59 Å². The molecule has 4 rings (SSSR count). The van der Waals surface area contributed by atoms with E-state index in [1.54, 1.807) is 4.90 Å². The molecule has 0 spiro atoms. The number of rotatable bonds is 6. The van der Waals surface area contributed by atoms with E-state index in [-0.39, 0.29) is 17.9 Å². The molecule has 30 heavy (non-hydrogen) atoms. The number of ether oxygens (including phenoxy) is 1. The van der Waals surface area contributed by atoms with Crippen LogP contribution in [0.1, 0.15) is 62.4 Å². The van der Waals surface area contributed by atoms with Gasteiger partial charge in [-0.2, -0.15) is 0 Å². The maximum Gasteiger partial charge on any atom is 0.255 e. The summed E-state index contributed by atoms with van der Waals surface area (Å²) in [6.07, 6.45) is 3.72. The second-order valence-corrected chi connectivity index (χ2v) is 8.82. The molecule has 2 unspecified atom stereocenters. The summed E-state index contributed by atoms with van der Waals surface area (Å²) in [5.41, 5.74) is 2.35. The fourth-order valence-electron chi connectivity index (χ4n) is 5.38. The predicted molar refractivity (Wildman–Crippen MR) is 116 cm³/mol. The van der Waals surface area contributed by atoms with Crippen molar-refractivity contribution in [2.24, 2.45) is 5.92 Å². The molecule has 2 aliphatic heterocycles. The van der Waals surface area contributed by atoms with Gasteiger partial charge in [0.2, 0.25) is 5.91 Å². The van der Waals surface area contributed by atoms with Gasteiger partial charge in [0.15, 0.2) is 0 Å². The van der Waals surface area contributed by atoms with Crippen LogP contribution in [-0.4, -0.2) is 52.9 Å². The van der Waals surface area contributed by atoms with Gasteiger partial charge in [-0.05, 0) is 68.5 Å². The van der Waals surface area contributed by atoms with Crippen molar-refractivity contribution < 1.29 is 14.3 Å². The van der Waals surface area contributed by atoms with Crippen LogP contribution >= 0.6 is 0 Å². The van der Waals surface area contributed by atoms with Crippen molar-refractivity contribution in [2.45, 2.75) is 71.2 Å². The number of fused-ring (bicyclic) bond motifs is 1. The van der Waals surface area contributed by atoms with Crippen LogP contribution in [0.25, 0.3) is 0 Å². The number of hydrogen-bond donors (Lipinski definition) is 1. The first-order valence-electron chi connectivity index (χ1n) is 11.3. The summed E-state index contributed by atoms with van der Waals surface area (Å²) in [6, 6.07) is 5.76. The summed E-state index contributed by atoms with van der Waals surface area (Å²) in [6.45, 7) is 13.1. The topological polar surface area (TPSA) is 61.9 Å². The Morgan fingerprint density at radius 1 is 1.20 bits per heavy atom. The monoisotopic (exact) mass is 411 g/mol. The molecule has 1 aromatic carbocycles. The largest absolute Gasteiger partial charge is 0.489 e. The Morgan fingerprint density at radius 2 is 1.97 bits per heavy atom. The number of carbonyl (C=O) groups is 2. The maximum atomic E-state index is 12.9. The molecule has 0 bridgehead atoms. The van der Waals surface area contributed by atoms with Crippen LogP contribution < -0.4 is 10.1 Å². The van der Waals surface area contributed by atoms with Gasteiger partial charge in [-0.1, -0.05) is 27.4 Å². The Morgan fingerprint density at radius 3 is 2.67 bits per heavy atom. The van der Waals surface area contributed by atoms with E-state index in [1.165, 1.54) is 6.42 Å². The van der Waals surface area contributed by atoms with Gasteiger partial charge in [-0.15, -0.1) is 0 Å². The molecule has 1 saturated heterocycles. The second kappa shape index (κ2) is 8.42. The highest BCUT2D eigenvalue weighted by molar-refractivity contribution is 6.01. The number of hydrogen-bond acceptors (Lipinski definition) is 4. The third kappa shape index (κ3) is 3.73. The first-order chi connectivity index (χ1) is 14.4. The first-order valence-corrected chi connectivity index (χ1v) is 11.3. The number of likely N-dealkylation sites (N-methyl/N-ethyl adjacent to an activating group) is 1. The average Bonchev–Trinajstić information content (AvgIpc) is 3.23. The predicted octanol–water partition coefficient (Wildman–Crippen LogP) is 3.32. The van der Waals surface area contributed by atoms with E-state index >= 15 is 0 Å². The Kier molecular flexibility index (Phi) is 5.87. The van der Waals surface area contributed by atoms with E-state index in [0.29, 0.717) is 36.9 Å². The zero-order valence-corrected chi connectivity index (χ0v) is 18.3. The molecule has 1 aliphatic carbocycles. The molecule has 2 fully saturated rings. The van der Waals surface area contributed by atoms with Gasteiger partial charge in [0.25, 0.3) is 5.91 Å². The number of allylic oxidation sites excluding steroid dienone is 1. The normalized spacial score (nSPS) is 28.8. The molecule has 0 aromatic heterocycles. The van der Waals surface area contributed by atoms with Crippen molar-refractivity contribution in [2.75, 3.05) is 13.1 Å². The van der Waals surface area contributed by atoms with Gasteiger partial charge in [0.1, 0.15) is 17.9 Å². The highest BCUT2D eigenvalue weighted by Gasteiger charge is 2.40. The van der Waals surface area contributed by atoms with Crippen molar-refractivity contribution >= 4 is 11.8 Å². The van der Waals surface area contributed by atoms with Crippen molar-refractivity contribution in [1.29, 1.82) is 0 Å². The third-order valence-electron chi connectivity index (χ3n) is 7.00. The Hall–Kier alpha value is -2.34. The standard InChI is InChI=1S/C24H33N3O3/c1-5-26(6-2)22-15(3)7-12-21(22)30-18-9-10-19-17(13-18)14-27(24(19)29)20-11-8-16(4)25-23(20)28/h9-10,13,15,20-22H,4-8,11-12,14H2,1-3H3,(H,25,28)/t15?,20?,21-,22-/m0/s1. The summed E-state index contributed by atoms with van der Waals surface area (Å²) in [5, 5.41) is 2.79. The first kappa shape index (κ1) is 20.9. The van der Waals surface area contributed by atoms with Crippen LogP contribution in [0.15, 0.2) is 30.5 Å². The molecule has 6 nitrogen and oxygen atoms in total.